The number of hydrogen-bond acceptors (Lipinski definition) is 2. The Morgan fingerprint density at radius 3 is 1.02 bits per heavy atom. The lowest BCUT2D eigenvalue weighted by Gasteiger charge is -2.29. The number of rotatable bonds is 8. The number of nitrogens with zero attached hydrogens (tertiary/aromatic N) is 2. The fourth-order valence-corrected chi connectivity index (χ4v) is 11.7. The minimum Gasteiger partial charge on any atom is -0.310 e. The highest BCUT2D eigenvalue weighted by atomic mass is 15.1. The maximum atomic E-state index is 2.47. The second kappa shape index (κ2) is 16.7. The average molecular weight is 827 g/mol. The molecule has 0 N–H and O–H groups in total. The lowest BCUT2D eigenvalue weighted by molar-refractivity contribution is 0.443. The fraction of sp³-hybridized carbons (Fsp3) is 0.194. The molecule has 312 valence electrons. The minimum absolute atomic E-state index is 0.635. The lowest BCUT2D eigenvalue weighted by Crippen LogP contribution is -2.11. The highest BCUT2D eigenvalue weighted by Crippen LogP contribution is 2.48. The van der Waals surface area contributed by atoms with Crippen LogP contribution in [0.4, 0.5) is 34.1 Å². The Balaban J connectivity index is 1.06. The van der Waals surface area contributed by atoms with Crippen LogP contribution in [0.2, 0.25) is 0 Å². The Kier molecular flexibility index (Phi) is 10.1. The van der Waals surface area contributed by atoms with Crippen molar-refractivity contribution in [2.75, 3.05) is 9.80 Å². The van der Waals surface area contributed by atoms with Crippen LogP contribution in [0.3, 0.4) is 0 Å². The first-order valence-electron chi connectivity index (χ1n) is 23.9. The van der Waals surface area contributed by atoms with Gasteiger partial charge in [0.05, 0.1) is 0 Å². The van der Waals surface area contributed by atoms with Crippen LogP contribution >= 0.6 is 0 Å². The van der Waals surface area contributed by atoms with E-state index < -0.39 is 0 Å². The van der Waals surface area contributed by atoms with Gasteiger partial charge in [-0.25, -0.2) is 0 Å². The van der Waals surface area contributed by atoms with Gasteiger partial charge in [0.15, 0.2) is 0 Å². The first-order valence-corrected chi connectivity index (χ1v) is 23.9. The Labute approximate surface area is 377 Å². The molecule has 2 heteroatoms. The van der Waals surface area contributed by atoms with Crippen LogP contribution in [-0.4, -0.2) is 0 Å². The standard InChI is InChI=1S/C62H54N2/c1-5-19-43(20-6-1)45-23-17-29-49(39-45)63(47-25-9-3-10-26-47)51-35-37-57-59(41-51)53-31-13-15-33-55(53)62-58-38-36-52(42-60(58)54-32-14-16-34-56(54)61(57)62)64(48-27-11-4-12-28-48)50-30-18-24-46(40-50)44-21-7-2-8-22-44/h3-4,9-18,23-44H,1-2,5-8,19-22H2. The van der Waals surface area contributed by atoms with Crippen LogP contribution in [0.5, 0.6) is 0 Å². The molecule has 0 amide bonds. The van der Waals surface area contributed by atoms with Crippen molar-refractivity contribution in [3.8, 4) is 0 Å². The first-order chi connectivity index (χ1) is 31.8. The molecule has 2 aliphatic rings. The van der Waals surface area contributed by atoms with Gasteiger partial charge in [0.25, 0.3) is 0 Å². The van der Waals surface area contributed by atoms with E-state index in [1.54, 1.807) is 0 Å². The fourth-order valence-electron chi connectivity index (χ4n) is 11.7. The summed E-state index contributed by atoms with van der Waals surface area (Å²) in [6.45, 7) is 0. The van der Waals surface area contributed by atoms with Gasteiger partial charge in [-0.3, -0.25) is 0 Å². The summed E-state index contributed by atoms with van der Waals surface area (Å²) in [6.07, 6.45) is 13.2. The molecule has 0 radical (unpaired) electrons. The second-order valence-corrected chi connectivity index (χ2v) is 18.5. The van der Waals surface area contributed by atoms with E-state index in [0.717, 1.165) is 0 Å². The predicted octanol–water partition coefficient (Wildman–Crippen LogP) is 18.5. The third-order valence-electron chi connectivity index (χ3n) is 14.7. The van der Waals surface area contributed by atoms with E-state index in [0.29, 0.717) is 11.8 Å². The molecule has 2 fully saturated rings. The van der Waals surface area contributed by atoms with Gasteiger partial charge in [-0.1, -0.05) is 160 Å². The van der Waals surface area contributed by atoms with Crippen LogP contribution in [-0.2, 0) is 0 Å². The second-order valence-electron chi connectivity index (χ2n) is 18.5. The summed E-state index contributed by atoms with van der Waals surface area (Å²) in [5.74, 6) is 1.27. The van der Waals surface area contributed by atoms with Crippen LogP contribution in [0, 0.1) is 0 Å². The quantitative estimate of drug-likeness (QED) is 0.141. The molecule has 64 heavy (non-hydrogen) atoms. The van der Waals surface area contributed by atoms with Crippen molar-refractivity contribution in [1.29, 1.82) is 0 Å². The zero-order valence-corrected chi connectivity index (χ0v) is 36.6. The van der Waals surface area contributed by atoms with E-state index >= 15 is 0 Å². The van der Waals surface area contributed by atoms with E-state index in [1.165, 1.54) is 163 Å². The smallest absolute Gasteiger partial charge is 0.0468 e. The zero-order valence-electron chi connectivity index (χ0n) is 36.6. The summed E-state index contributed by atoms with van der Waals surface area (Å²) in [6, 6.07) is 73.3. The van der Waals surface area contributed by atoms with E-state index in [2.05, 4.69) is 204 Å². The summed E-state index contributed by atoms with van der Waals surface area (Å²) < 4.78 is 0. The molecule has 0 aliphatic heterocycles. The maximum absolute atomic E-state index is 2.47. The molecule has 0 bridgehead atoms. The normalized spacial score (nSPS) is 15.1. The van der Waals surface area contributed by atoms with Crippen molar-refractivity contribution in [3.63, 3.8) is 0 Å². The molecule has 0 aromatic heterocycles. The molecule has 10 aromatic carbocycles. The molecule has 0 unspecified atom stereocenters. The van der Waals surface area contributed by atoms with Crippen LogP contribution in [0.25, 0.3) is 53.9 Å². The molecule has 2 aliphatic carbocycles. The van der Waals surface area contributed by atoms with Crippen LogP contribution in [0.15, 0.2) is 194 Å². The first kappa shape index (κ1) is 38.7. The van der Waals surface area contributed by atoms with Crippen molar-refractivity contribution in [2.24, 2.45) is 0 Å². The summed E-state index contributed by atoms with van der Waals surface area (Å²) in [4.78, 5) is 4.93. The summed E-state index contributed by atoms with van der Waals surface area (Å²) in [7, 11) is 0. The third-order valence-corrected chi connectivity index (χ3v) is 14.7. The number of benzene rings is 10. The highest BCUT2D eigenvalue weighted by molar-refractivity contribution is 6.39. The minimum atomic E-state index is 0.635. The lowest BCUT2D eigenvalue weighted by atomic mass is 9.84. The molecule has 2 saturated carbocycles. The van der Waals surface area contributed by atoms with Gasteiger partial charge in [0, 0.05) is 34.1 Å². The van der Waals surface area contributed by atoms with Crippen LogP contribution < -0.4 is 9.80 Å². The summed E-state index contributed by atoms with van der Waals surface area (Å²) >= 11 is 0. The monoisotopic (exact) mass is 826 g/mol. The van der Waals surface area contributed by atoms with Gasteiger partial charge in [0.1, 0.15) is 0 Å². The Morgan fingerprint density at radius 1 is 0.250 bits per heavy atom. The number of hydrogen-bond donors (Lipinski definition) is 0. The zero-order chi connectivity index (χ0) is 42.4. The molecule has 0 heterocycles. The van der Waals surface area contributed by atoms with Crippen molar-refractivity contribution in [3.05, 3.63) is 205 Å². The molecular weight excluding hydrogens is 773 g/mol. The van der Waals surface area contributed by atoms with Gasteiger partial charge >= 0.3 is 0 Å². The number of anilines is 6. The van der Waals surface area contributed by atoms with Gasteiger partial charge in [-0.2, -0.15) is 0 Å². The number of para-hydroxylation sites is 2. The van der Waals surface area contributed by atoms with Gasteiger partial charge in [0.2, 0.25) is 0 Å². The molecule has 0 atom stereocenters. The van der Waals surface area contributed by atoms with Gasteiger partial charge in [-0.05, 0) is 175 Å². The van der Waals surface area contributed by atoms with E-state index in [-0.39, 0.29) is 0 Å². The van der Waals surface area contributed by atoms with Crippen LogP contribution in [0.1, 0.15) is 87.2 Å². The van der Waals surface area contributed by atoms with Gasteiger partial charge < -0.3 is 9.80 Å². The van der Waals surface area contributed by atoms with Crippen molar-refractivity contribution < 1.29 is 0 Å². The Bertz CT molecular complexity index is 3080. The average Bonchev–Trinajstić information content (AvgIpc) is 3.38. The van der Waals surface area contributed by atoms with Crippen molar-refractivity contribution >= 4 is 88.0 Å². The SMILES string of the molecule is c1ccc(N(c2cccc(C3CCCCC3)c2)c2ccc3c(c2)c2ccccc2c2c4ccc(N(c5ccccc5)c5cccc(C6CCCCC6)c5)cc4c4ccccc4c32)cc1. The van der Waals surface area contributed by atoms with E-state index in [1.807, 2.05) is 0 Å². The van der Waals surface area contributed by atoms with Crippen molar-refractivity contribution in [2.45, 2.75) is 76.0 Å². The molecular formula is C62H54N2. The summed E-state index contributed by atoms with van der Waals surface area (Å²) in [5, 5.41) is 12.9. The Hall–Kier alpha value is -6.90. The molecule has 0 spiro atoms. The van der Waals surface area contributed by atoms with Gasteiger partial charge in [-0.15, -0.1) is 0 Å². The van der Waals surface area contributed by atoms with Crippen molar-refractivity contribution in [1.82, 2.24) is 0 Å². The molecule has 0 saturated heterocycles. The predicted molar refractivity (Wildman–Crippen MR) is 275 cm³/mol. The third kappa shape index (κ3) is 6.88. The molecule has 10 aromatic rings. The highest BCUT2D eigenvalue weighted by Gasteiger charge is 2.23. The maximum Gasteiger partial charge on any atom is 0.0468 e. The Morgan fingerprint density at radius 2 is 0.594 bits per heavy atom. The topological polar surface area (TPSA) is 6.48 Å². The van der Waals surface area contributed by atoms with E-state index in [4.69, 9.17) is 0 Å². The largest absolute Gasteiger partial charge is 0.310 e. The molecule has 2 nitrogen and oxygen atoms in total. The van der Waals surface area contributed by atoms with E-state index in [9.17, 15) is 0 Å². The summed E-state index contributed by atoms with van der Waals surface area (Å²) in [5.41, 5.74) is 10.1. The molecule has 12 rings (SSSR count). The number of fused-ring (bicyclic) bond motifs is 11.